The second-order valence-electron chi connectivity index (χ2n) is 6.52. The number of methoxy groups -OCH3 is 1. The van der Waals surface area contributed by atoms with Crippen LogP contribution in [-0.2, 0) is 16.1 Å². The second kappa shape index (κ2) is 8.32. The molecule has 0 bridgehead atoms. The normalized spacial score (nSPS) is 12.9. The van der Waals surface area contributed by atoms with E-state index in [2.05, 4.69) is 10.2 Å². The van der Waals surface area contributed by atoms with E-state index in [1.807, 2.05) is 19.9 Å². The monoisotopic (exact) mass is 412 g/mol. The lowest BCUT2D eigenvalue weighted by Crippen LogP contribution is -2.16. The summed E-state index contributed by atoms with van der Waals surface area (Å²) in [6, 6.07) is 5.32. The van der Waals surface area contributed by atoms with Gasteiger partial charge in [-0.1, -0.05) is 0 Å². The molecule has 0 N–H and O–H groups in total. The predicted octanol–water partition coefficient (Wildman–Crippen LogP) is 3.48. The quantitative estimate of drug-likeness (QED) is 0.444. The molecule has 4 rings (SSSR count). The van der Waals surface area contributed by atoms with Crippen LogP contribution in [0.15, 0.2) is 33.1 Å². The third kappa shape index (κ3) is 4.14. The Balaban J connectivity index is 1.38. The zero-order valence-corrected chi connectivity index (χ0v) is 16.8. The Hall–Kier alpha value is -3.75. The Labute approximate surface area is 172 Å². The Bertz CT molecular complexity index is 1080. The maximum absolute atomic E-state index is 12.1. The number of rotatable bonds is 6. The van der Waals surface area contributed by atoms with Crippen molar-refractivity contribution in [3.63, 3.8) is 0 Å². The molecule has 9 heteroatoms. The average molecular weight is 412 g/mol. The molecule has 0 saturated carbocycles. The largest absolute Gasteiger partial charge is 0.493 e. The van der Waals surface area contributed by atoms with Crippen LogP contribution in [0, 0.1) is 13.8 Å². The van der Waals surface area contributed by atoms with Gasteiger partial charge < -0.3 is 27.8 Å². The Morgan fingerprint density at radius 1 is 1.13 bits per heavy atom. The number of furan rings is 1. The number of nitrogens with zero attached hydrogens (tertiary/aromatic N) is 2. The second-order valence-corrected chi connectivity index (χ2v) is 6.52. The minimum absolute atomic E-state index is 0.142. The van der Waals surface area contributed by atoms with Crippen molar-refractivity contribution in [1.82, 2.24) is 10.2 Å². The molecule has 1 aromatic carbocycles. The molecule has 1 aliphatic rings. The highest BCUT2D eigenvalue weighted by Crippen LogP contribution is 2.40. The van der Waals surface area contributed by atoms with Gasteiger partial charge in [-0.15, -0.1) is 10.2 Å². The van der Waals surface area contributed by atoms with E-state index in [1.54, 1.807) is 25.3 Å². The maximum Gasteiger partial charge on any atom is 0.331 e. The third-order valence-corrected chi connectivity index (χ3v) is 4.34. The summed E-state index contributed by atoms with van der Waals surface area (Å²) in [7, 11) is 1.54. The summed E-state index contributed by atoms with van der Waals surface area (Å²) in [6.45, 7) is 4.41. The molecule has 9 nitrogen and oxygen atoms in total. The number of esters is 1. The first-order valence-electron chi connectivity index (χ1n) is 9.25. The Morgan fingerprint density at radius 2 is 1.97 bits per heavy atom. The van der Waals surface area contributed by atoms with E-state index in [9.17, 15) is 4.79 Å². The highest BCUT2D eigenvalue weighted by atomic mass is 16.6. The van der Waals surface area contributed by atoms with E-state index >= 15 is 0 Å². The highest BCUT2D eigenvalue weighted by Gasteiger charge is 2.18. The van der Waals surface area contributed by atoms with E-state index in [0.717, 1.165) is 5.76 Å². The van der Waals surface area contributed by atoms with Crippen molar-refractivity contribution in [3.05, 3.63) is 47.2 Å². The third-order valence-electron chi connectivity index (χ3n) is 4.34. The first-order chi connectivity index (χ1) is 14.5. The molecule has 3 aromatic rings. The molecule has 0 fully saturated rings. The Kier molecular flexibility index (Phi) is 5.42. The number of benzene rings is 1. The molecule has 0 saturated heterocycles. The van der Waals surface area contributed by atoms with E-state index in [4.69, 9.17) is 27.8 Å². The minimum Gasteiger partial charge on any atom is -0.493 e. The zero-order valence-electron chi connectivity index (χ0n) is 16.8. The molecule has 1 aliphatic heterocycles. The van der Waals surface area contributed by atoms with Gasteiger partial charge in [0.1, 0.15) is 24.7 Å². The summed E-state index contributed by atoms with van der Waals surface area (Å²) in [5.41, 5.74) is 1.42. The van der Waals surface area contributed by atoms with Gasteiger partial charge in [0.25, 0.3) is 11.8 Å². The molecule has 3 heterocycles. The highest BCUT2D eigenvalue weighted by molar-refractivity contribution is 5.87. The molecular weight excluding hydrogens is 392 g/mol. The van der Waals surface area contributed by atoms with Crippen molar-refractivity contribution in [3.8, 4) is 28.7 Å². The summed E-state index contributed by atoms with van der Waals surface area (Å²) >= 11 is 0. The summed E-state index contributed by atoms with van der Waals surface area (Å²) in [5.74, 6) is 3.02. The lowest BCUT2D eigenvalue weighted by atomic mass is 10.1. The number of aromatic nitrogens is 2. The van der Waals surface area contributed by atoms with E-state index in [0.29, 0.717) is 53.2 Å². The first kappa shape index (κ1) is 19.6. The van der Waals surface area contributed by atoms with Crippen molar-refractivity contribution >= 4 is 12.0 Å². The van der Waals surface area contributed by atoms with Crippen LogP contribution in [-0.4, -0.2) is 36.5 Å². The number of aryl methyl sites for hydroxylation is 2. The molecular formula is C21H20N2O7. The lowest BCUT2D eigenvalue weighted by molar-refractivity contribution is -0.139. The van der Waals surface area contributed by atoms with Crippen molar-refractivity contribution in [1.29, 1.82) is 0 Å². The van der Waals surface area contributed by atoms with Crippen LogP contribution in [0.4, 0.5) is 0 Å². The van der Waals surface area contributed by atoms with E-state index in [-0.39, 0.29) is 12.5 Å². The fourth-order valence-corrected chi connectivity index (χ4v) is 3.00. The summed E-state index contributed by atoms with van der Waals surface area (Å²) < 4.78 is 32.6. The maximum atomic E-state index is 12.1. The molecule has 0 unspecified atom stereocenters. The van der Waals surface area contributed by atoms with Crippen LogP contribution in [0.2, 0.25) is 0 Å². The van der Waals surface area contributed by atoms with Gasteiger partial charge in [-0.05, 0) is 43.7 Å². The van der Waals surface area contributed by atoms with Crippen LogP contribution in [0.1, 0.15) is 23.0 Å². The smallest absolute Gasteiger partial charge is 0.331 e. The van der Waals surface area contributed by atoms with Gasteiger partial charge in [-0.25, -0.2) is 4.79 Å². The molecule has 30 heavy (non-hydrogen) atoms. The first-order valence-corrected chi connectivity index (χ1v) is 9.25. The molecule has 0 atom stereocenters. The van der Waals surface area contributed by atoms with Gasteiger partial charge in [-0.2, -0.15) is 0 Å². The van der Waals surface area contributed by atoms with Crippen molar-refractivity contribution in [2.24, 2.45) is 0 Å². The summed E-state index contributed by atoms with van der Waals surface area (Å²) in [6.07, 6.45) is 2.89. The van der Waals surface area contributed by atoms with E-state index in [1.165, 1.54) is 6.08 Å². The number of ether oxygens (including phenoxy) is 4. The average Bonchev–Trinajstić information content (AvgIpc) is 3.35. The molecule has 0 amide bonds. The molecule has 2 aromatic heterocycles. The number of fused-ring (bicyclic) bond motifs is 1. The van der Waals surface area contributed by atoms with Gasteiger partial charge >= 0.3 is 5.97 Å². The molecule has 0 spiro atoms. The van der Waals surface area contributed by atoms with Crippen LogP contribution >= 0.6 is 0 Å². The molecule has 156 valence electrons. The summed E-state index contributed by atoms with van der Waals surface area (Å²) in [5, 5.41) is 7.86. The number of hydrogen-bond donors (Lipinski definition) is 0. The minimum atomic E-state index is -0.557. The SMILES string of the molecule is COc1cc(/C=C/C(=O)OCc2nnc(-c3cc(C)oc3C)o2)cc2c1OCCO2. The van der Waals surface area contributed by atoms with Crippen LogP contribution in [0.5, 0.6) is 17.2 Å². The van der Waals surface area contributed by atoms with Gasteiger partial charge in [0.15, 0.2) is 18.1 Å². The fraction of sp³-hybridized carbons (Fsp3) is 0.286. The summed E-state index contributed by atoms with van der Waals surface area (Å²) in [4.78, 5) is 12.1. The standard InChI is InChI=1S/C21H20N2O7/c1-12-8-15(13(2)29-12)21-23-22-18(30-21)11-28-19(24)5-4-14-9-16(25-3)20-17(10-14)26-6-7-27-20/h4-5,8-10H,6-7,11H2,1-3H3/b5-4+. The van der Waals surface area contributed by atoms with Crippen molar-refractivity contribution in [2.45, 2.75) is 20.5 Å². The van der Waals surface area contributed by atoms with Gasteiger partial charge in [0.2, 0.25) is 5.75 Å². The molecule has 0 aliphatic carbocycles. The van der Waals surface area contributed by atoms with Crippen molar-refractivity contribution in [2.75, 3.05) is 20.3 Å². The number of carbonyl (C=O) groups is 1. The van der Waals surface area contributed by atoms with Crippen LogP contribution < -0.4 is 14.2 Å². The van der Waals surface area contributed by atoms with Gasteiger partial charge in [-0.3, -0.25) is 0 Å². The predicted molar refractivity (Wildman–Crippen MR) is 104 cm³/mol. The fourth-order valence-electron chi connectivity index (χ4n) is 3.00. The topological polar surface area (TPSA) is 106 Å². The van der Waals surface area contributed by atoms with Gasteiger partial charge in [0, 0.05) is 6.08 Å². The van der Waals surface area contributed by atoms with Gasteiger partial charge in [0.05, 0.1) is 12.7 Å². The molecule has 0 radical (unpaired) electrons. The number of hydrogen-bond acceptors (Lipinski definition) is 9. The lowest BCUT2D eigenvalue weighted by Gasteiger charge is -2.20. The van der Waals surface area contributed by atoms with Crippen molar-refractivity contribution < 1.29 is 32.6 Å². The van der Waals surface area contributed by atoms with E-state index < -0.39 is 5.97 Å². The van der Waals surface area contributed by atoms with Crippen LogP contribution in [0.3, 0.4) is 0 Å². The zero-order chi connectivity index (χ0) is 21.1. The Morgan fingerprint density at radius 3 is 2.73 bits per heavy atom. The number of carbonyl (C=O) groups excluding carboxylic acids is 1. The van der Waals surface area contributed by atoms with Crippen LogP contribution in [0.25, 0.3) is 17.5 Å².